The number of hydrogen-bond donors (Lipinski definition) is 0. The van der Waals surface area contributed by atoms with Crippen LogP contribution in [0.3, 0.4) is 0 Å². The van der Waals surface area contributed by atoms with E-state index in [1.807, 2.05) is 11.1 Å². The van der Waals surface area contributed by atoms with Crippen LogP contribution < -0.4 is 0 Å². The van der Waals surface area contributed by atoms with Crippen molar-refractivity contribution in [1.82, 2.24) is 0 Å². The van der Waals surface area contributed by atoms with Crippen LogP contribution in [0.25, 0.3) is 0 Å². The average molecular weight is 441 g/mol. The quantitative estimate of drug-likeness (QED) is 0.329. The molecule has 0 aliphatic heterocycles. The summed E-state index contributed by atoms with van der Waals surface area (Å²) in [5.41, 5.74) is 5.42. The minimum absolute atomic E-state index is 0.726. The van der Waals surface area contributed by atoms with Gasteiger partial charge in [0.15, 0.2) is 0 Å². The van der Waals surface area contributed by atoms with Crippen molar-refractivity contribution in [3.05, 3.63) is 71.8 Å². The van der Waals surface area contributed by atoms with Crippen molar-refractivity contribution in [2.75, 3.05) is 0 Å². The molecule has 148 valence electrons. The molecule has 4 atom stereocenters. The van der Waals surface area contributed by atoms with Crippen molar-refractivity contribution in [2.24, 2.45) is 0 Å². The van der Waals surface area contributed by atoms with Crippen molar-refractivity contribution in [2.45, 2.75) is 70.7 Å². The highest BCUT2D eigenvalue weighted by Gasteiger charge is 2.62. The minimum atomic E-state index is -1.21. The first-order valence-corrected chi connectivity index (χ1v) is 19.3. The predicted molar refractivity (Wildman–Crippen MR) is 133 cm³/mol. The highest BCUT2D eigenvalue weighted by atomic mass is 32.2. The third-order valence-electron chi connectivity index (χ3n) is 5.88. The Morgan fingerprint density at radius 2 is 0.857 bits per heavy atom. The summed E-state index contributed by atoms with van der Waals surface area (Å²) in [6.07, 6.45) is 0. The predicted octanol–water partition coefficient (Wildman–Crippen LogP) is 8.05. The van der Waals surface area contributed by atoms with Crippen LogP contribution in [-0.4, -0.2) is 26.6 Å². The molecule has 0 heterocycles. The van der Waals surface area contributed by atoms with Crippen LogP contribution in [0.4, 0.5) is 0 Å². The third-order valence-corrected chi connectivity index (χ3v) is 14.0. The summed E-state index contributed by atoms with van der Waals surface area (Å²) in [5, 5.41) is 1.45. The molecule has 0 saturated heterocycles. The van der Waals surface area contributed by atoms with Crippen LogP contribution in [0, 0.1) is 0 Å². The van der Waals surface area contributed by atoms with Crippen molar-refractivity contribution < 1.29 is 0 Å². The lowest BCUT2D eigenvalue weighted by Crippen LogP contribution is -2.21. The van der Waals surface area contributed by atoms with E-state index < -0.39 is 16.1 Å². The molecule has 2 aromatic carbocycles. The fourth-order valence-electron chi connectivity index (χ4n) is 4.56. The zero-order valence-corrected chi connectivity index (χ0v) is 21.5. The maximum Gasteiger partial charge on any atom is 0.0536 e. The molecular formula is C24H32S2Si2. The third kappa shape index (κ3) is 4.25. The van der Waals surface area contributed by atoms with Crippen molar-refractivity contribution >= 4 is 39.7 Å². The van der Waals surface area contributed by atoms with Gasteiger partial charge in [-0.1, -0.05) is 86.8 Å². The molecule has 2 fully saturated rings. The summed E-state index contributed by atoms with van der Waals surface area (Å²) in [5.74, 6) is 0. The van der Waals surface area contributed by atoms with E-state index in [-0.39, 0.29) is 0 Å². The van der Waals surface area contributed by atoms with Gasteiger partial charge in [0.2, 0.25) is 0 Å². The van der Waals surface area contributed by atoms with E-state index in [1.54, 1.807) is 0 Å². The summed E-state index contributed by atoms with van der Waals surface area (Å²) in [6.45, 7) is 15.4. The lowest BCUT2D eigenvalue weighted by Gasteiger charge is -2.15. The topological polar surface area (TPSA) is 0 Å². The van der Waals surface area contributed by atoms with E-state index in [2.05, 4.69) is 123 Å². The van der Waals surface area contributed by atoms with Gasteiger partial charge in [0.25, 0.3) is 0 Å². The van der Waals surface area contributed by atoms with Gasteiger partial charge in [-0.25, -0.2) is 0 Å². The number of rotatable bonds is 6. The van der Waals surface area contributed by atoms with Crippen LogP contribution in [0.1, 0.15) is 0 Å². The average Bonchev–Trinajstić information content (AvgIpc) is 3.49. The molecule has 0 aromatic heterocycles. The second-order valence-electron chi connectivity index (χ2n) is 10.3. The minimum Gasteiger partial charge on any atom is -0.118 e. The van der Waals surface area contributed by atoms with Crippen LogP contribution in [0.2, 0.25) is 50.4 Å². The largest absolute Gasteiger partial charge is 0.118 e. The standard InChI is InChI=1S/C24H32S2Si2/c1-27(2,3)23-19(21(23)25-17-13-9-7-10-14-17)20-22(24(20)28(4,5)6)26-18-15-11-8-12-16-18/h7-16,21-24H,1-6H3/b20-19-. The molecule has 2 saturated carbocycles. The zero-order valence-electron chi connectivity index (χ0n) is 17.9. The Labute approximate surface area is 181 Å². The normalized spacial score (nSPS) is 29.6. The van der Waals surface area contributed by atoms with E-state index in [9.17, 15) is 0 Å². The van der Waals surface area contributed by atoms with Crippen molar-refractivity contribution in [3.63, 3.8) is 0 Å². The number of hydrogen-bond acceptors (Lipinski definition) is 2. The fourth-order valence-corrected chi connectivity index (χ4v) is 14.6. The van der Waals surface area contributed by atoms with E-state index in [4.69, 9.17) is 0 Å². The van der Waals surface area contributed by atoms with Crippen molar-refractivity contribution in [1.29, 1.82) is 0 Å². The highest BCUT2D eigenvalue weighted by Crippen LogP contribution is 2.71. The molecular weight excluding hydrogens is 409 g/mol. The molecule has 0 amide bonds. The van der Waals surface area contributed by atoms with Gasteiger partial charge in [0, 0.05) is 20.3 Å². The molecule has 4 heteroatoms. The van der Waals surface area contributed by atoms with Crippen LogP contribution in [0.15, 0.2) is 81.6 Å². The molecule has 2 aromatic rings. The molecule has 4 unspecified atom stereocenters. The van der Waals surface area contributed by atoms with Crippen LogP contribution >= 0.6 is 23.5 Å². The van der Waals surface area contributed by atoms with Crippen LogP contribution in [0.5, 0.6) is 0 Å². The second kappa shape index (κ2) is 7.53. The maximum absolute atomic E-state index is 2.56. The van der Waals surface area contributed by atoms with Gasteiger partial charge in [-0.15, -0.1) is 23.5 Å². The SMILES string of the molecule is C[Si](C)(C)C1/C(=C2/C(Sc3ccccc3)C2[Si](C)(C)C)C1Sc1ccccc1. The smallest absolute Gasteiger partial charge is 0.0536 e. The number of benzene rings is 2. The molecule has 2 aliphatic rings. The summed E-state index contributed by atoms with van der Waals surface area (Å²) in [4.78, 5) is 2.87. The van der Waals surface area contributed by atoms with Gasteiger partial charge >= 0.3 is 0 Å². The Kier molecular flexibility index (Phi) is 5.54. The van der Waals surface area contributed by atoms with Gasteiger partial charge < -0.3 is 0 Å². The van der Waals surface area contributed by atoms with Gasteiger partial charge in [0.1, 0.15) is 0 Å². The highest BCUT2D eigenvalue weighted by molar-refractivity contribution is 8.01. The van der Waals surface area contributed by atoms with Gasteiger partial charge in [-0.2, -0.15) is 0 Å². The number of thioether (sulfide) groups is 2. The Bertz CT molecular complexity index is 789. The lowest BCUT2D eigenvalue weighted by molar-refractivity contribution is 1.34. The molecule has 0 N–H and O–H groups in total. The maximum atomic E-state index is 2.56. The summed E-state index contributed by atoms with van der Waals surface area (Å²) < 4.78 is 0. The molecule has 0 radical (unpaired) electrons. The fraction of sp³-hybridized carbons (Fsp3) is 0.417. The second-order valence-corrected chi connectivity index (χ2v) is 23.4. The lowest BCUT2D eigenvalue weighted by atomic mass is 10.4. The molecule has 4 rings (SSSR count). The summed E-state index contributed by atoms with van der Waals surface area (Å²) in [7, 11) is -2.42. The molecule has 0 bridgehead atoms. The van der Waals surface area contributed by atoms with E-state index in [0.717, 1.165) is 21.6 Å². The van der Waals surface area contributed by atoms with E-state index >= 15 is 0 Å². The van der Waals surface area contributed by atoms with Crippen LogP contribution in [-0.2, 0) is 0 Å². The summed E-state index contributed by atoms with van der Waals surface area (Å²) >= 11 is 4.25. The molecule has 2 aliphatic carbocycles. The first-order chi connectivity index (χ1) is 13.2. The zero-order chi connectivity index (χ0) is 20.1. The Hall–Kier alpha value is -0.686. The molecule has 28 heavy (non-hydrogen) atoms. The summed E-state index contributed by atoms with van der Waals surface area (Å²) in [6, 6.07) is 22.1. The molecule has 0 nitrogen and oxygen atoms in total. The molecule has 0 spiro atoms. The Balaban J connectivity index is 1.65. The Morgan fingerprint density at radius 3 is 1.14 bits per heavy atom. The van der Waals surface area contributed by atoms with Gasteiger partial charge in [0.05, 0.1) is 16.1 Å². The Morgan fingerprint density at radius 1 is 0.536 bits per heavy atom. The first kappa shape index (κ1) is 20.6. The van der Waals surface area contributed by atoms with E-state index in [1.165, 1.54) is 9.79 Å². The monoisotopic (exact) mass is 440 g/mol. The van der Waals surface area contributed by atoms with Crippen molar-refractivity contribution in [3.8, 4) is 0 Å². The van der Waals surface area contributed by atoms with Gasteiger partial charge in [-0.05, 0) is 35.3 Å². The first-order valence-electron chi connectivity index (χ1n) is 10.3. The van der Waals surface area contributed by atoms with E-state index in [0.29, 0.717) is 0 Å². The van der Waals surface area contributed by atoms with Gasteiger partial charge in [-0.3, -0.25) is 0 Å².